The molecule has 0 spiro atoms. The van der Waals surface area contributed by atoms with Gasteiger partial charge in [0.15, 0.2) is 0 Å². The summed E-state index contributed by atoms with van der Waals surface area (Å²) in [4.78, 5) is 11.4. The van der Waals surface area contributed by atoms with Gasteiger partial charge in [-0.3, -0.25) is 4.79 Å². The van der Waals surface area contributed by atoms with Gasteiger partial charge in [0.05, 0.1) is 0 Å². The molecule has 5 heteroatoms. The number of carbonyl (C=O) groups excluding carboxylic acids is 1. The van der Waals surface area contributed by atoms with Crippen molar-refractivity contribution in [1.82, 2.24) is 0 Å². The minimum atomic E-state index is -0.683. The van der Waals surface area contributed by atoms with Crippen LogP contribution in [0.4, 0.5) is 5.69 Å². The lowest BCUT2D eigenvalue weighted by Crippen LogP contribution is -2.19. The lowest BCUT2D eigenvalue weighted by atomic mass is 9.95. The largest absolute Gasteiger partial charge is 0.384 e. The van der Waals surface area contributed by atoms with Gasteiger partial charge in [-0.1, -0.05) is 28.1 Å². The Morgan fingerprint density at radius 1 is 1.19 bits per heavy atom. The van der Waals surface area contributed by atoms with Crippen molar-refractivity contribution in [2.45, 2.75) is 18.9 Å². The SMILES string of the molecule is O=C1CCc2cc(C(O)c3cc(I)ccc3Br)ccc2N1. The first-order valence-electron chi connectivity index (χ1n) is 6.60. The number of halogens is 2. The number of carbonyl (C=O) groups is 1. The second kappa shape index (κ2) is 6.06. The molecule has 3 nitrogen and oxygen atoms in total. The molecule has 1 unspecified atom stereocenters. The summed E-state index contributed by atoms with van der Waals surface area (Å²) in [5.41, 5.74) is 3.62. The lowest BCUT2D eigenvalue weighted by Gasteiger charge is -2.20. The maximum Gasteiger partial charge on any atom is 0.224 e. The molecule has 1 aliphatic rings. The highest BCUT2D eigenvalue weighted by molar-refractivity contribution is 14.1. The number of aliphatic hydroxyl groups excluding tert-OH is 1. The summed E-state index contributed by atoms with van der Waals surface area (Å²) >= 11 is 5.72. The van der Waals surface area contributed by atoms with Crippen molar-refractivity contribution in [3.8, 4) is 0 Å². The number of hydrogen-bond donors (Lipinski definition) is 2. The molecule has 1 atom stereocenters. The zero-order valence-electron chi connectivity index (χ0n) is 11.1. The average Bonchev–Trinajstić information content (AvgIpc) is 2.48. The number of aliphatic hydroxyl groups is 1. The van der Waals surface area contributed by atoms with E-state index in [0.29, 0.717) is 6.42 Å². The van der Waals surface area contributed by atoms with Crippen LogP contribution < -0.4 is 5.32 Å². The molecule has 0 bridgehead atoms. The first kappa shape index (κ1) is 15.0. The van der Waals surface area contributed by atoms with Crippen molar-refractivity contribution in [3.05, 3.63) is 61.1 Å². The summed E-state index contributed by atoms with van der Waals surface area (Å²) in [5, 5.41) is 13.5. The van der Waals surface area contributed by atoms with Gasteiger partial charge in [-0.15, -0.1) is 0 Å². The first-order chi connectivity index (χ1) is 10.0. The number of benzene rings is 2. The number of rotatable bonds is 2. The van der Waals surface area contributed by atoms with Crippen molar-refractivity contribution >= 4 is 50.1 Å². The second-order valence-electron chi connectivity index (χ2n) is 5.03. The fourth-order valence-corrected chi connectivity index (χ4v) is 3.46. The zero-order chi connectivity index (χ0) is 15.0. The van der Waals surface area contributed by atoms with E-state index in [0.717, 1.165) is 36.8 Å². The number of nitrogens with one attached hydrogen (secondary N) is 1. The molecule has 0 fully saturated rings. The molecule has 0 saturated heterocycles. The second-order valence-corrected chi connectivity index (χ2v) is 7.13. The van der Waals surface area contributed by atoms with Crippen LogP contribution >= 0.6 is 38.5 Å². The topological polar surface area (TPSA) is 49.3 Å². The number of aryl methyl sites for hydroxylation is 1. The number of fused-ring (bicyclic) bond motifs is 1. The van der Waals surface area contributed by atoms with Crippen LogP contribution in [0.25, 0.3) is 0 Å². The Balaban J connectivity index is 1.97. The van der Waals surface area contributed by atoms with E-state index in [1.165, 1.54) is 0 Å². The maximum absolute atomic E-state index is 11.4. The summed E-state index contributed by atoms with van der Waals surface area (Å²) in [6.45, 7) is 0. The first-order valence-corrected chi connectivity index (χ1v) is 8.47. The lowest BCUT2D eigenvalue weighted by molar-refractivity contribution is -0.116. The average molecular weight is 458 g/mol. The Morgan fingerprint density at radius 2 is 2.00 bits per heavy atom. The van der Waals surface area contributed by atoms with Gasteiger partial charge >= 0.3 is 0 Å². The predicted octanol–water partition coefficient (Wildman–Crippen LogP) is 4.02. The van der Waals surface area contributed by atoms with Gasteiger partial charge in [-0.25, -0.2) is 0 Å². The van der Waals surface area contributed by atoms with Gasteiger partial charge in [0, 0.05) is 25.7 Å². The summed E-state index contributed by atoms with van der Waals surface area (Å²) in [5.74, 6) is 0.0520. The van der Waals surface area contributed by atoms with Crippen LogP contribution in [0.15, 0.2) is 40.9 Å². The Bertz CT molecular complexity index is 717. The molecule has 2 aromatic carbocycles. The third kappa shape index (κ3) is 3.14. The Hall–Kier alpha value is -0.920. The van der Waals surface area contributed by atoms with Crippen molar-refractivity contribution in [3.63, 3.8) is 0 Å². The van der Waals surface area contributed by atoms with Crippen LogP contribution in [0.1, 0.15) is 29.2 Å². The summed E-state index contributed by atoms with van der Waals surface area (Å²) in [6.07, 6.45) is 0.534. The van der Waals surface area contributed by atoms with Gasteiger partial charge in [-0.05, 0) is 64.4 Å². The van der Waals surface area contributed by atoms with Crippen molar-refractivity contribution < 1.29 is 9.90 Å². The molecule has 108 valence electrons. The van der Waals surface area contributed by atoms with Crippen molar-refractivity contribution in [2.75, 3.05) is 5.32 Å². The maximum atomic E-state index is 11.4. The van der Waals surface area contributed by atoms with Crippen LogP contribution in [-0.4, -0.2) is 11.0 Å². The third-order valence-electron chi connectivity index (χ3n) is 3.59. The molecule has 0 radical (unpaired) electrons. The number of anilines is 1. The monoisotopic (exact) mass is 457 g/mol. The molecular formula is C16H13BrINO2. The molecule has 21 heavy (non-hydrogen) atoms. The minimum absolute atomic E-state index is 0.0520. The predicted molar refractivity (Wildman–Crippen MR) is 94.3 cm³/mol. The normalized spacial score (nSPS) is 15.3. The molecule has 0 aliphatic carbocycles. The van der Waals surface area contributed by atoms with Gasteiger partial charge in [0.25, 0.3) is 0 Å². The van der Waals surface area contributed by atoms with E-state index in [2.05, 4.69) is 43.8 Å². The Kier molecular flexibility index (Phi) is 4.33. The standard InChI is InChI=1S/C16H13BrINO2/c17-13-4-3-11(18)8-12(13)16(21)10-1-5-14-9(7-10)2-6-15(20)19-14/h1,3-5,7-8,16,21H,2,6H2,(H,19,20). The summed E-state index contributed by atoms with van der Waals surface area (Å²) in [6, 6.07) is 11.6. The fourth-order valence-electron chi connectivity index (χ4n) is 2.48. The molecule has 1 heterocycles. The highest BCUT2D eigenvalue weighted by atomic mass is 127. The van der Waals surface area contributed by atoms with Gasteiger partial charge < -0.3 is 10.4 Å². The van der Waals surface area contributed by atoms with Crippen LogP contribution in [0.5, 0.6) is 0 Å². The Labute approximate surface area is 145 Å². The van der Waals surface area contributed by atoms with Crippen molar-refractivity contribution in [1.29, 1.82) is 0 Å². The van der Waals surface area contributed by atoms with E-state index in [9.17, 15) is 9.90 Å². The molecule has 2 aromatic rings. The molecule has 2 N–H and O–H groups in total. The van der Waals surface area contributed by atoms with Gasteiger partial charge in [0.2, 0.25) is 5.91 Å². The van der Waals surface area contributed by atoms with E-state index in [1.807, 2.05) is 36.4 Å². The van der Waals surface area contributed by atoms with E-state index in [1.54, 1.807) is 0 Å². The zero-order valence-corrected chi connectivity index (χ0v) is 14.8. The summed E-state index contributed by atoms with van der Waals surface area (Å²) in [7, 11) is 0. The minimum Gasteiger partial charge on any atom is -0.384 e. The van der Waals surface area contributed by atoms with Crippen LogP contribution in [0, 0.1) is 3.57 Å². The van der Waals surface area contributed by atoms with Crippen molar-refractivity contribution in [2.24, 2.45) is 0 Å². The third-order valence-corrected chi connectivity index (χ3v) is 4.99. The highest BCUT2D eigenvalue weighted by Gasteiger charge is 2.19. The van der Waals surface area contributed by atoms with Crippen LogP contribution in [0.3, 0.4) is 0 Å². The highest BCUT2D eigenvalue weighted by Crippen LogP contribution is 2.32. The molecule has 1 amide bonds. The molecule has 0 saturated carbocycles. The molecular weight excluding hydrogens is 445 g/mol. The molecule has 1 aliphatic heterocycles. The van der Waals surface area contributed by atoms with E-state index in [4.69, 9.17) is 0 Å². The summed E-state index contributed by atoms with van der Waals surface area (Å²) < 4.78 is 1.97. The molecule has 0 aromatic heterocycles. The fraction of sp³-hybridized carbons (Fsp3) is 0.188. The quantitative estimate of drug-likeness (QED) is 0.669. The Morgan fingerprint density at radius 3 is 2.81 bits per heavy atom. The van der Waals surface area contributed by atoms with E-state index in [-0.39, 0.29) is 5.91 Å². The number of amides is 1. The van der Waals surface area contributed by atoms with E-state index < -0.39 is 6.10 Å². The molecule has 3 rings (SSSR count). The van der Waals surface area contributed by atoms with Crippen LogP contribution in [0.2, 0.25) is 0 Å². The van der Waals surface area contributed by atoms with Gasteiger partial charge in [-0.2, -0.15) is 0 Å². The van der Waals surface area contributed by atoms with E-state index >= 15 is 0 Å². The van der Waals surface area contributed by atoms with Crippen LogP contribution in [-0.2, 0) is 11.2 Å². The van der Waals surface area contributed by atoms with Gasteiger partial charge in [0.1, 0.15) is 6.10 Å². The smallest absolute Gasteiger partial charge is 0.224 e. The number of hydrogen-bond acceptors (Lipinski definition) is 2.